The average molecular weight is 268 g/mol. The molecular weight excluding hydrogens is 254 g/mol. The Morgan fingerprint density at radius 1 is 1.44 bits per heavy atom. The first-order valence-electron chi connectivity index (χ1n) is 5.74. The van der Waals surface area contributed by atoms with Crippen LogP contribution < -0.4 is 0 Å². The summed E-state index contributed by atoms with van der Waals surface area (Å²) in [4.78, 5) is 24.9. The predicted molar refractivity (Wildman–Crippen MR) is 67.6 cm³/mol. The molecule has 1 N–H and O–H groups in total. The molecule has 4 nitrogen and oxygen atoms in total. The van der Waals surface area contributed by atoms with E-state index in [1.54, 1.807) is 32.0 Å². The van der Waals surface area contributed by atoms with Crippen molar-refractivity contribution in [2.24, 2.45) is 5.92 Å². The van der Waals surface area contributed by atoms with Crippen molar-refractivity contribution in [2.75, 3.05) is 0 Å². The van der Waals surface area contributed by atoms with Gasteiger partial charge >= 0.3 is 5.97 Å². The number of hydrogen-bond donors (Lipinski definition) is 1. The van der Waals surface area contributed by atoms with Crippen LogP contribution >= 0.6 is 11.6 Å². The fraction of sp³-hybridized carbons (Fsp3) is 0.385. The lowest BCUT2D eigenvalue weighted by atomic mass is 10.0. The molecule has 5 heteroatoms. The Kier molecular flexibility index (Phi) is 3.30. The van der Waals surface area contributed by atoms with E-state index in [1.165, 1.54) is 4.90 Å². The van der Waals surface area contributed by atoms with E-state index in [0.717, 1.165) is 5.56 Å². The highest BCUT2D eigenvalue weighted by Crippen LogP contribution is 2.31. The maximum Gasteiger partial charge on any atom is 0.326 e. The summed E-state index contributed by atoms with van der Waals surface area (Å²) in [5.74, 6) is -1.43. The Morgan fingerprint density at radius 2 is 2.11 bits per heavy atom. The highest BCUT2D eigenvalue weighted by Gasteiger charge is 2.38. The van der Waals surface area contributed by atoms with Crippen LogP contribution in [-0.2, 0) is 11.3 Å². The summed E-state index contributed by atoms with van der Waals surface area (Å²) in [6, 6.07) is 4.40. The zero-order valence-electron chi connectivity index (χ0n) is 10.2. The molecule has 1 amide bonds. The molecule has 1 aliphatic rings. The molecule has 0 fully saturated rings. The van der Waals surface area contributed by atoms with Gasteiger partial charge in [-0.2, -0.15) is 0 Å². The van der Waals surface area contributed by atoms with Crippen LogP contribution in [0.1, 0.15) is 29.8 Å². The molecule has 1 heterocycles. The normalized spacial score (nSPS) is 16.0. The Labute approximate surface area is 110 Å². The second kappa shape index (κ2) is 4.61. The maximum absolute atomic E-state index is 12.2. The molecule has 18 heavy (non-hydrogen) atoms. The number of fused-ring (bicyclic) bond motifs is 1. The summed E-state index contributed by atoms with van der Waals surface area (Å²) >= 11 is 6.00. The van der Waals surface area contributed by atoms with Gasteiger partial charge in [-0.05, 0) is 17.5 Å². The third-order valence-corrected chi connectivity index (χ3v) is 3.45. The minimum Gasteiger partial charge on any atom is -0.480 e. The lowest BCUT2D eigenvalue weighted by molar-refractivity contribution is -0.144. The lowest BCUT2D eigenvalue weighted by Crippen LogP contribution is -2.44. The second-order valence-electron chi connectivity index (χ2n) is 4.73. The van der Waals surface area contributed by atoms with E-state index < -0.39 is 12.0 Å². The van der Waals surface area contributed by atoms with E-state index >= 15 is 0 Å². The second-order valence-corrected chi connectivity index (χ2v) is 5.14. The van der Waals surface area contributed by atoms with Gasteiger partial charge in [0.25, 0.3) is 5.91 Å². The third-order valence-electron chi connectivity index (χ3n) is 3.14. The van der Waals surface area contributed by atoms with Crippen LogP contribution in [0, 0.1) is 5.92 Å². The standard InChI is InChI=1S/C13H14ClNO3/c1-7(2)11(13(17)18)15-6-8-4-3-5-9(14)10(8)12(15)16/h3-5,7,11H,6H2,1-2H3,(H,17,18)/t11-/m0/s1. The number of rotatable bonds is 3. The van der Waals surface area contributed by atoms with Crippen LogP contribution in [0.5, 0.6) is 0 Å². The summed E-state index contributed by atoms with van der Waals surface area (Å²) in [5.41, 5.74) is 1.23. The molecule has 1 aromatic carbocycles. The van der Waals surface area contributed by atoms with Crippen LogP contribution in [-0.4, -0.2) is 27.9 Å². The fourth-order valence-electron chi connectivity index (χ4n) is 2.34. The molecule has 0 saturated heterocycles. The number of nitrogens with zero attached hydrogens (tertiary/aromatic N) is 1. The first-order chi connectivity index (χ1) is 8.43. The Bertz CT molecular complexity index is 513. The van der Waals surface area contributed by atoms with Crippen molar-refractivity contribution in [2.45, 2.75) is 26.4 Å². The van der Waals surface area contributed by atoms with Crippen LogP contribution in [0.4, 0.5) is 0 Å². The Morgan fingerprint density at radius 3 is 2.61 bits per heavy atom. The van der Waals surface area contributed by atoms with E-state index in [9.17, 15) is 14.7 Å². The molecule has 0 aliphatic carbocycles. The van der Waals surface area contributed by atoms with Gasteiger partial charge in [-0.25, -0.2) is 4.79 Å². The van der Waals surface area contributed by atoms with Crippen molar-refractivity contribution in [3.05, 3.63) is 34.3 Å². The molecule has 96 valence electrons. The zero-order chi connectivity index (χ0) is 13.4. The van der Waals surface area contributed by atoms with Crippen LogP contribution in [0.2, 0.25) is 5.02 Å². The molecule has 0 spiro atoms. The maximum atomic E-state index is 12.2. The largest absolute Gasteiger partial charge is 0.480 e. The SMILES string of the molecule is CC(C)[C@@H](C(=O)O)N1Cc2cccc(Cl)c2C1=O. The van der Waals surface area contributed by atoms with Crippen LogP contribution in [0.15, 0.2) is 18.2 Å². The Hall–Kier alpha value is -1.55. The number of hydrogen-bond acceptors (Lipinski definition) is 2. The van der Waals surface area contributed by atoms with Crippen molar-refractivity contribution >= 4 is 23.5 Å². The molecular formula is C13H14ClNO3. The van der Waals surface area contributed by atoms with Gasteiger partial charge in [0, 0.05) is 6.54 Å². The van der Waals surface area contributed by atoms with Crippen molar-refractivity contribution < 1.29 is 14.7 Å². The molecule has 1 aliphatic heterocycles. The zero-order valence-corrected chi connectivity index (χ0v) is 10.9. The van der Waals surface area contributed by atoms with Gasteiger partial charge < -0.3 is 10.0 Å². The summed E-state index contributed by atoms with van der Waals surface area (Å²) < 4.78 is 0. The molecule has 0 bridgehead atoms. The summed E-state index contributed by atoms with van der Waals surface area (Å²) in [5, 5.41) is 9.63. The van der Waals surface area contributed by atoms with Gasteiger partial charge in [-0.3, -0.25) is 4.79 Å². The highest BCUT2D eigenvalue weighted by atomic mass is 35.5. The first-order valence-corrected chi connectivity index (χ1v) is 6.12. The molecule has 0 radical (unpaired) electrons. The molecule has 0 aromatic heterocycles. The quantitative estimate of drug-likeness (QED) is 0.915. The monoisotopic (exact) mass is 267 g/mol. The van der Waals surface area contributed by atoms with Crippen molar-refractivity contribution in [1.29, 1.82) is 0 Å². The number of carboxylic acids is 1. The van der Waals surface area contributed by atoms with Gasteiger partial charge in [0.2, 0.25) is 0 Å². The van der Waals surface area contributed by atoms with Crippen LogP contribution in [0.25, 0.3) is 0 Å². The smallest absolute Gasteiger partial charge is 0.326 e. The van der Waals surface area contributed by atoms with Gasteiger partial charge in [0.15, 0.2) is 0 Å². The number of aliphatic carboxylic acids is 1. The van der Waals surface area contributed by atoms with E-state index in [-0.39, 0.29) is 11.8 Å². The lowest BCUT2D eigenvalue weighted by Gasteiger charge is -2.27. The molecule has 1 atom stereocenters. The van der Waals surface area contributed by atoms with E-state index in [0.29, 0.717) is 17.1 Å². The molecule has 0 unspecified atom stereocenters. The van der Waals surface area contributed by atoms with Gasteiger partial charge in [0.05, 0.1) is 10.6 Å². The summed E-state index contributed by atoms with van der Waals surface area (Å²) in [6.45, 7) is 3.89. The number of carboxylic acid groups (broad SMARTS) is 1. The number of carbonyl (C=O) groups excluding carboxylic acids is 1. The van der Waals surface area contributed by atoms with Crippen LogP contribution in [0.3, 0.4) is 0 Å². The van der Waals surface area contributed by atoms with E-state index in [4.69, 9.17) is 11.6 Å². The molecule has 2 rings (SSSR count). The minimum absolute atomic E-state index is 0.153. The predicted octanol–water partition coefficient (Wildman–Crippen LogP) is 2.41. The topological polar surface area (TPSA) is 57.6 Å². The average Bonchev–Trinajstić information content (AvgIpc) is 2.57. The number of amides is 1. The first kappa shape index (κ1) is 12.9. The van der Waals surface area contributed by atoms with Gasteiger partial charge in [0.1, 0.15) is 6.04 Å². The number of carbonyl (C=O) groups is 2. The molecule has 1 aromatic rings. The summed E-state index contributed by atoms with van der Waals surface area (Å²) in [7, 11) is 0. The van der Waals surface area contributed by atoms with Gasteiger partial charge in [-0.15, -0.1) is 0 Å². The van der Waals surface area contributed by atoms with Crippen molar-refractivity contribution in [3.8, 4) is 0 Å². The minimum atomic E-state index is -0.984. The number of halogens is 1. The fourth-order valence-corrected chi connectivity index (χ4v) is 2.62. The van der Waals surface area contributed by atoms with E-state index in [2.05, 4.69) is 0 Å². The van der Waals surface area contributed by atoms with E-state index in [1.807, 2.05) is 0 Å². The molecule has 0 saturated carbocycles. The number of benzene rings is 1. The summed E-state index contributed by atoms with van der Waals surface area (Å²) in [6.07, 6.45) is 0. The van der Waals surface area contributed by atoms with Crippen molar-refractivity contribution in [3.63, 3.8) is 0 Å². The Balaban J connectivity index is 2.39. The van der Waals surface area contributed by atoms with Crippen molar-refractivity contribution in [1.82, 2.24) is 4.90 Å². The highest BCUT2D eigenvalue weighted by molar-refractivity contribution is 6.34. The van der Waals surface area contributed by atoms with Gasteiger partial charge in [-0.1, -0.05) is 37.6 Å². The third kappa shape index (κ3) is 1.97.